The average Bonchev–Trinajstić information content (AvgIpc) is 2.90. The zero-order valence-electron chi connectivity index (χ0n) is 10.2. The van der Waals surface area contributed by atoms with Crippen molar-refractivity contribution >= 4 is 11.7 Å². The molecule has 1 heterocycles. The first-order chi connectivity index (χ1) is 8.66. The summed E-state index contributed by atoms with van der Waals surface area (Å²) < 4.78 is 0. The van der Waals surface area contributed by atoms with E-state index in [1.54, 1.807) is 6.07 Å². The Morgan fingerprint density at radius 3 is 3.06 bits per heavy atom. The second-order valence-corrected chi connectivity index (χ2v) is 4.52. The number of hydrogen-bond donors (Lipinski definition) is 4. The van der Waals surface area contributed by atoms with Crippen molar-refractivity contribution in [3.8, 4) is 0 Å². The van der Waals surface area contributed by atoms with E-state index in [1.807, 2.05) is 18.2 Å². The summed E-state index contributed by atoms with van der Waals surface area (Å²) in [6, 6.07) is 7.37. The molecule has 1 fully saturated rings. The van der Waals surface area contributed by atoms with Crippen LogP contribution < -0.4 is 16.4 Å². The topological polar surface area (TPSA) is 91.0 Å². The van der Waals surface area contributed by atoms with Crippen LogP contribution in [0.15, 0.2) is 24.3 Å². The van der Waals surface area contributed by atoms with Gasteiger partial charge in [0.15, 0.2) is 0 Å². The number of rotatable bonds is 4. The standard InChI is InChI=1S/C13H18N4O/c14-12(15)10-3-1-2-9(6-10)7-17-13(18)11-4-5-16-8-11/h1-3,6,11,16H,4-5,7-8H2,(H3,14,15)(H,17,18)/t11-/m0/s1. The lowest BCUT2D eigenvalue weighted by molar-refractivity contribution is -0.124. The maximum Gasteiger partial charge on any atom is 0.224 e. The summed E-state index contributed by atoms with van der Waals surface area (Å²) in [7, 11) is 0. The maximum atomic E-state index is 11.8. The summed E-state index contributed by atoms with van der Waals surface area (Å²) in [4.78, 5) is 11.8. The van der Waals surface area contributed by atoms with E-state index in [1.165, 1.54) is 0 Å². The van der Waals surface area contributed by atoms with Gasteiger partial charge in [0.2, 0.25) is 5.91 Å². The molecular weight excluding hydrogens is 228 g/mol. The highest BCUT2D eigenvalue weighted by molar-refractivity contribution is 5.95. The Morgan fingerprint density at radius 1 is 1.56 bits per heavy atom. The number of nitrogens with one attached hydrogen (secondary N) is 3. The molecule has 0 bridgehead atoms. The van der Waals surface area contributed by atoms with Gasteiger partial charge in [0.1, 0.15) is 5.84 Å². The van der Waals surface area contributed by atoms with Crippen LogP contribution in [0.5, 0.6) is 0 Å². The fraction of sp³-hybridized carbons (Fsp3) is 0.385. The van der Waals surface area contributed by atoms with E-state index in [-0.39, 0.29) is 17.7 Å². The number of carbonyl (C=O) groups is 1. The fourth-order valence-corrected chi connectivity index (χ4v) is 2.06. The molecule has 0 aliphatic carbocycles. The van der Waals surface area contributed by atoms with Crippen LogP contribution in [0.25, 0.3) is 0 Å². The van der Waals surface area contributed by atoms with Crippen molar-refractivity contribution in [2.45, 2.75) is 13.0 Å². The third-order valence-electron chi connectivity index (χ3n) is 3.14. The van der Waals surface area contributed by atoms with Gasteiger partial charge in [0.05, 0.1) is 5.92 Å². The molecule has 1 aliphatic heterocycles. The highest BCUT2D eigenvalue weighted by atomic mass is 16.1. The van der Waals surface area contributed by atoms with Crippen LogP contribution in [0, 0.1) is 11.3 Å². The maximum absolute atomic E-state index is 11.8. The van der Waals surface area contributed by atoms with Crippen molar-refractivity contribution in [3.05, 3.63) is 35.4 Å². The molecule has 1 aliphatic rings. The number of nitrogens with two attached hydrogens (primary N) is 1. The lowest BCUT2D eigenvalue weighted by Crippen LogP contribution is -2.31. The Hall–Kier alpha value is -1.88. The van der Waals surface area contributed by atoms with Crippen LogP contribution in [0.2, 0.25) is 0 Å². The minimum atomic E-state index is 0.0446. The van der Waals surface area contributed by atoms with Crippen molar-refractivity contribution in [2.75, 3.05) is 13.1 Å². The summed E-state index contributed by atoms with van der Waals surface area (Å²) >= 11 is 0. The SMILES string of the molecule is N=C(N)c1cccc(CNC(=O)[C@H]2CCNC2)c1. The van der Waals surface area contributed by atoms with Gasteiger partial charge >= 0.3 is 0 Å². The van der Waals surface area contributed by atoms with Gasteiger partial charge in [-0.1, -0.05) is 18.2 Å². The van der Waals surface area contributed by atoms with Crippen LogP contribution in [0.1, 0.15) is 17.5 Å². The van der Waals surface area contributed by atoms with Gasteiger partial charge in [-0.3, -0.25) is 10.2 Å². The third kappa shape index (κ3) is 3.07. The van der Waals surface area contributed by atoms with Gasteiger partial charge in [-0.05, 0) is 24.6 Å². The molecule has 1 atom stereocenters. The monoisotopic (exact) mass is 246 g/mol. The predicted octanol–water partition coefficient (Wildman–Crippen LogP) is 0.196. The number of amides is 1. The lowest BCUT2D eigenvalue weighted by atomic mass is 10.1. The minimum absolute atomic E-state index is 0.0446. The third-order valence-corrected chi connectivity index (χ3v) is 3.14. The molecule has 2 rings (SSSR count). The first kappa shape index (κ1) is 12.6. The van der Waals surface area contributed by atoms with Crippen LogP contribution in [-0.4, -0.2) is 24.8 Å². The van der Waals surface area contributed by atoms with Crippen molar-refractivity contribution in [2.24, 2.45) is 11.7 Å². The minimum Gasteiger partial charge on any atom is -0.384 e. The summed E-state index contributed by atoms with van der Waals surface area (Å²) in [5, 5.41) is 13.5. The predicted molar refractivity (Wildman–Crippen MR) is 70.3 cm³/mol. The van der Waals surface area contributed by atoms with Crippen LogP contribution in [0.3, 0.4) is 0 Å². The van der Waals surface area contributed by atoms with Crippen molar-refractivity contribution in [3.63, 3.8) is 0 Å². The second-order valence-electron chi connectivity index (χ2n) is 4.52. The largest absolute Gasteiger partial charge is 0.384 e. The van der Waals surface area contributed by atoms with Gasteiger partial charge in [0, 0.05) is 18.7 Å². The van der Waals surface area contributed by atoms with Gasteiger partial charge in [-0.15, -0.1) is 0 Å². The van der Waals surface area contributed by atoms with Gasteiger partial charge in [-0.2, -0.15) is 0 Å². The second kappa shape index (κ2) is 5.64. The smallest absolute Gasteiger partial charge is 0.224 e. The highest BCUT2D eigenvalue weighted by Crippen LogP contribution is 2.08. The Bertz CT molecular complexity index is 452. The molecule has 0 aromatic heterocycles. The van der Waals surface area contributed by atoms with Gasteiger partial charge in [-0.25, -0.2) is 0 Å². The van der Waals surface area contributed by atoms with E-state index >= 15 is 0 Å². The van der Waals surface area contributed by atoms with E-state index in [4.69, 9.17) is 11.1 Å². The molecule has 1 amide bonds. The lowest BCUT2D eigenvalue weighted by Gasteiger charge is -2.10. The molecule has 5 N–H and O–H groups in total. The molecule has 1 aromatic rings. The van der Waals surface area contributed by atoms with Crippen LogP contribution >= 0.6 is 0 Å². The van der Waals surface area contributed by atoms with E-state index in [9.17, 15) is 4.79 Å². The molecule has 0 spiro atoms. The number of benzene rings is 1. The molecule has 18 heavy (non-hydrogen) atoms. The number of amidine groups is 1. The summed E-state index contributed by atoms with van der Waals surface area (Å²) in [6.07, 6.45) is 0.902. The zero-order valence-corrected chi connectivity index (χ0v) is 10.2. The first-order valence-electron chi connectivity index (χ1n) is 6.08. The molecule has 0 unspecified atom stereocenters. The highest BCUT2D eigenvalue weighted by Gasteiger charge is 2.21. The zero-order chi connectivity index (χ0) is 13.0. The number of nitrogen functional groups attached to an aromatic ring is 1. The summed E-state index contributed by atoms with van der Waals surface area (Å²) in [5.74, 6) is 0.220. The number of hydrogen-bond acceptors (Lipinski definition) is 3. The van der Waals surface area contributed by atoms with E-state index in [0.717, 1.165) is 25.1 Å². The molecular formula is C13H18N4O. The molecule has 0 saturated carbocycles. The van der Waals surface area contributed by atoms with Crippen LogP contribution in [-0.2, 0) is 11.3 Å². The number of carbonyl (C=O) groups excluding carboxylic acids is 1. The Labute approximate surface area is 106 Å². The van der Waals surface area contributed by atoms with Crippen molar-refractivity contribution < 1.29 is 4.79 Å². The summed E-state index contributed by atoms with van der Waals surface area (Å²) in [5.41, 5.74) is 7.07. The van der Waals surface area contributed by atoms with E-state index in [2.05, 4.69) is 10.6 Å². The molecule has 1 saturated heterocycles. The molecule has 0 radical (unpaired) electrons. The Balaban J connectivity index is 1.91. The Morgan fingerprint density at radius 2 is 2.39 bits per heavy atom. The van der Waals surface area contributed by atoms with E-state index < -0.39 is 0 Å². The van der Waals surface area contributed by atoms with Crippen molar-refractivity contribution in [1.82, 2.24) is 10.6 Å². The fourth-order valence-electron chi connectivity index (χ4n) is 2.06. The van der Waals surface area contributed by atoms with Crippen LogP contribution in [0.4, 0.5) is 0 Å². The van der Waals surface area contributed by atoms with Crippen molar-refractivity contribution in [1.29, 1.82) is 5.41 Å². The average molecular weight is 246 g/mol. The quantitative estimate of drug-likeness (QED) is 0.452. The molecule has 96 valence electrons. The van der Waals surface area contributed by atoms with Gasteiger partial charge < -0.3 is 16.4 Å². The Kier molecular flexibility index (Phi) is 3.94. The first-order valence-corrected chi connectivity index (χ1v) is 6.08. The van der Waals surface area contributed by atoms with Gasteiger partial charge in [0.25, 0.3) is 0 Å². The molecule has 1 aromatic carbocycles. The van der Waals surface area contributed by atoms with E-state index in [0.29, 0.717) is 12.1 Å². The summed E-state index contributed by atoms with van der Waals surface area (Å²) in [6.45, 7) is 2.16. The molecule has 5 nitrogen and oxygen atoms in total. The molecule has 5 heteroatoms. The normalized spacial score (nSPS) is 18.6.